The topological polar surface area (TPSA) is 118 Å². The number of piperidine rings is 1. The van der Waals surface area contributed by atoms with Gasteiger partial charge in [0.25, 0.3) is 5.91 Å². The number of halogens is 1. The number of fused-ring (bicyclic) bond motifs is 1. The summed E-state index contributed by atoms with van der Waals surface area (Å²) < 4.78 is 1.80. The number of rotatable bonds is 6. The summed E-state index contributed by atoms with van der Waals surface area (Å²) in [6, 6.07) is 5.30. The fourth-order valence-corrected chi connectivity index (χ4v) is 4.39. The Morgan fingerprint density at radius 3 is 2.67 bits per heavy atom. The maximum absolute atomic E-state index is 13.2. The van der Waals surface area contributed by atoms with E-state index in [1.54, 1.807) is 22.0 Å². The zero-order chi connectivity index (χ0) is 23.5. The number of carbonyl (C=O) groups excluding carboxylic acids is 2. The first-order valence-electron chi connectivity index (χ1n) is 11.1. The van der Waals surface area contributed by atoms with Crippen LogP contribution in [0, 0.1) is 6.92 Å². The molecule has 33 heavy (non-hydrogen) atoms. The third-order valence-corrected chi connectivity index (χ3v) is 6.34. The van der Waals surface area contributed by atoms with Gasteiger partial charge in [-0.25, -0.2) is 14.5 Å². The number of nitrogens with zero attached hydrogens (tertiary/aromatic N) is 4. The van der Waals surface area contributed by atoms with E-state index in [1.807, 2.05) is 32.0 Å². The van der Waals surface area contributed by atoms with Crippen molar-refractivity contribution in [1.29, 1.82) is 0 Å². The van der Waals surface area contributed by atoms with Crippen LogP contribution in [0.1, 0.15) is 41.3 Å². The Labute approximate surface area is 197 Å². The lowest BCUT2D eigenvalue weighted by molar-refractivity contribution is 0.0951. The largest absolute Gasteiger partial charge is 0.381 e. The van der Waals surface area contributed by atoms with Crippen molar-refractivity contribution in [3.8, 4) is 0 Å². The van der Waals surface area contributed by atoms with Crippen LogP contribution in [0.3, 0.4) is 0 Å². The van der Waals surface area contributed by atoms with E-state index in [1.165, 1.54) is 0 Å². The van der Waals surface area contributed by atoms with Gasteiger partial charge in [-0.1, -0.05) is 17.7 Å². The summed E-state index contributed by atoms with van der Waals surface area (Å²) in [5, 5.41) is 12.4. The maximum Gasteiger partial charge on any atom is 0.314 e. The molecule has 1 saturated heterocycles. The van der Waals surface area contributed by atoms with Gasteiger partial charge in [0.2, 0.25) is 0 Å². The molecule has 1 aromatic carbocycles. The number of anilines is 1. The van der Waals surface area contributed by atoms with Crippen LogP contribution in [-0.2, 0) is 13.1 Å². The Morgan fingerprint density at radius 2 is 2.00 bits per heavy atom. The van der Waals surface area contributed by atoms with Gasteiger partial charge in [0.05, 0.1) is 22.8 Å². The van der Waals surface area contributed by atoms with Crippen LogP contribution >= 0.6 is 11.6 Å². The quantitative estimate of drug-likeness (QED) is 0.512. The predicted octanol–water partition coefficient (Wildman–Crippen LogP) is 3.30. The van der Waals surface area contributed by atoms with E-state index in [4.69, 9.17) is 17.3 Å². The molecular weight excluding hydrogens is 442 g/mol. The molecule has 0 radical (unpaired) electrons. The fourth-order valence-electron chi connectivity index (χ4n) is 4.16. The second-order valence-corrected chi connectivity index (χ2v) is 8.68. The zero-order valence-electron chi connectivity index (χ0n) is 18.8. The van der Waals surface area contributed by atoms with Crippen molar-refractivity contribution in [3.05, 3.63) is 52.3 Å². The molecule has 174 valence electrons. The van der Waals surface area contributed by atoms with Crippen LogP contribution in [0.25, 0.3) is 11.0 Å². The molecule has 10 heteroatoms. The number of nitrogens with two attached hydrogens (primary N) is 1. The number of nitrogens with one attached hydrogen (secondary N) is 2. The fraction of sp³-hybridized carbons (Fsp3) is 0.391. The van der Waals surface area contributed by atoms with Gasteiger partial charge < -0.3 is 21.3 Å². The van der Waals surface area contributed by atoms with Crippen LogP contribution < -0.4 is 16.4 Å². The van der Waals surface area contributed by atoms with Gasteiger partial charge in [0.15, 0.2) is 5.65 Å². The zero-order valence-corrected chi connectivity index (χ0v) is 19.5. The van der Waals surface area contributed by atoms with Gasteiger partial charge in [-0.15, -0.1) is 0 Å². The highest BCUT2D eigenvalue weighted by atomic mass is 35.5. The van der Waals surface area contributed by atoms with Gasteiger partial charge >= 0.3 is 6.03 Å². The van der Waals surface area contributed by atoms with Crippen molar-refractivity contribution < 1.29 is 9.59 Å². The third kappa shape index (κ3) is 4.88. The minimum atomic E-state index is -0.401. The molecule has 0 aliphatic carbocycles. The third-order valence-electron chi connectivity index (χ3n) is 6.11. The lowest BCUT2D eigenvalue weighted by Crippen LogP contribution is -2.44. The normalized spacial score (nSPS) is 14.5. The van der Waals surface area contributed by atoms with E-state index in [0.29, 0.717) is 42.5 Å². The van der Waals surface area contributed by atoms with E-state index >= 15 is 0 Å². The monoisotopic (exact) mass is 469 g/mol. The average Bonchev–Trinajstić information content (AvgIpc) is 3.22. The molecule has 3 heterocycles. The summed E-state index contributed by atoms with van der Waals surface area (Å²) >= 11 is 6.04. The summed E-state index contributed by atoms with van der Waals surface area (Å²) in [6.07, 6.45) is 4.81. The number of carbonyl (C=O) groups is 2. The van der Waals surface area contributed by atoms with Crippen molar-refractivity contribution in [2.24, 2.45) is 5.73 Å². The Hall–Kier alpha value is -3.33. The molecule has 1 fully saturated rings. The second kappa shape index (κ2) is 9.66. The highest BCUT2D eigenvalue weighted by Gasteiger charge is 2.25. The molecule has 0 unspecified atom stereocenters. The van der Waals surface area contributed by atoms with Crippen molar-refractivity contribution in [3.63, 3.8) is 0 Å². The van der Waals surface area contributed by atoms with E-state index in [9.17, 15) is 9.59 Å². The summed E-state index contributed by atoms with van der Waals surface area (Å²) in [7, 11) is 0. The number of aromatic nitrogens is 3. The highest BCUT2D eigenvalue weighted by molar-refractivity contribution is 6.30. The van der Waals surface area contributed by atoms with E-state index in [-0.39, 0.29) is 11.9 Å². The van der Waals surface area contributed by atoms with Crippen LogP contribution in [0.4, 0.5) is 10.5 Å². The first kappa shape index (κ1) is 22.8. The molecule has 0 spiro atoms. The second-order valence-electron chi connectivity index (χ2n) is 8.24. The number of hydrogen-bond donors (Lipinski definition) is 3. The predicted molar refractivity (Wildman–Crippen MR) is 128 cm³/mol. The van der Waals surface area contributed by atoms with Gasteiger partial charge in [-0.2, -0.15) is 5.10 Å². The SMILES string of the molecule is CCn1ncc2c(NC3CCN(C(N)=O)CC3)c(C(=O)NCc3ccc(Cl)cc3C)cnc21. The maximum atomic E-state index is 13.2. The van der Waals surface area contributed by atoms with Crippen molar-refractivity contribution in [1.82, 2.24) is 25.0 Å². The number of aryl methyl sites for hydroxylation is 2. The van der Waals surface area contributed by atoms with Crippen LogP contribution in [-0.4, -0.2) is 50.7 Å². The minimum absolute atomic E-state index is 0.0984. The summed E-state index contributed by atoms with van der Waals surface area (Å²) in [5.74, 6) is -0.222. The van der Waals surface area contributed by atoms with E-state index < -0.39 is 6.03 Å². The molecule has 0 saturated carbocycles. The van der Waals surface area contributed by atoms with Crippen molar-refractivity contribution >= 4 is 40.3 Å². The van der Waals surface area contributed by atoms with Gasteiger partial charge in [-0.3, -0.25) is 4.79 Å². The number of pyridine rings is 1. The average molecular weight is 470 g/mol. The molecule has 4 rings (SSSR count). The molecule has 3 aromatic rings. The molecule has 1 aliphatic rings. The number of hydrogen-bond acceptors (Lipinski definition) is 5. The smallest absolute Gasteiger partial charge is 0.314 e. The van der Waals surface area contributed by atoms with Gasteiger partial charge in [0.1, 0.15) is 0 Å². The van der Waals surface area contributed by atoms with Crippen molar-refractivity contribution in [2.75, 3.05) is 18.4 Å². The lowest BCUT2D eigenvalue weighted by Gasteiger charge is -2.32. The van der Waals surface area contributed by atoms with Gasteiger partial charge in [0, 0.05) is 43.4 Å². The Balaban J connectivity index is 1.59. The molecule has 2 aromatic heterocycles. The molecule has 1 aliphatic heterocycles. The summed E-state index contributed by atoms with van der Waals surface area (Å²) in [4.78, 5) is 30.8. The minimum Gasteiger partial charge on any atom is -0.381 e. The number of likely N-dealkylation sites (tertiary alicyclic amines) is 1. The summed E-state index contributed by atoms with van der Waals surface area (Å²) in [5.41, 5.74) is 9.31. The molecule has 4 N–H and O–H groups in total. The molecule has 3 amide bonds. The molecule has 0 atom stereocenters. The first-order chi connectivity index (χ1) is 15.9. The molecular formula is C23H28ClN7O2. The van der Waals surface area contributed by atoms with E-state index in [2.05, 4.69) is 20.7 Å². The summed E-state index contributed by atoms with van der Waals surface area (Å²) in [6.45, 7) is 6.17. The molecule has 0 bridgehead atoms. The molecule has 9 nitrogen and oxygen atoms in total. The Bertz CT molecular complexity index is 1190. The van der Waals surface area contributed by atoms with Crippen molar-refractivity contribution in [2.45, 2.75) is 45.8 Å². The Morgan fingerprint density at radius 1 is 1.24 bits per heavy atom. The lowest BCUT2D eigenvalue weighted by atomic mass is 10.0. The van der Waals surface area contributed by atoms with Gasteiger partial charge in [-0.05, 0) is 49.9 Å². The van der Waals surface area contributed by atoms with Crippen LogP contribution in [0.5, 0.6) is 0 Å². The number of primary amides is 1. The van der Waals surface area contributed by atoms with E-state index in [0.717, 1.165) is 35.0 Å². The Kier molecular flexibility index (Phi) is 6.69. The first-order valence-corrected chi connectivity index (χ1v) is 11.4. The van der Waals surface area contributed by atoms with Crippen LogP contribution in [0.15, 0.2) is 30.6 Å². The highest BCUT2D eigenvalue weighted by Crippen LogP contribution is 2.29. The number of amides is 3. The van der Waals surface area contributed by atoms with Crippen LogP contribution in [0.2, 0.25) is 5.02 Å². The standard InChI is InChI=1S/C23H28ClN7O2/c1-3-31-21-18(13-28-31)20(29-17-6-8-30(9-7-17)23(25)33)19(12-26-21)22(32)27-11-15-4-5-16(24)10-14(15)2/h4-5,10,12-13,17H,3,6-9,11H2,1-2H3,(H2,25,33)(H,26,29)(H,27,32). The number of benzene rings is 1. The number of urea groups is 1.